The number of nitrogens with zero attached hydrogens (tertiary/aromatic N) is 2. The number of aromatic amines is 1. The van der Waals surface area contributed by atoms with Crippen LogP contribution in [0, 0.1) is 0 Å². The van der Waals surface area contributed by atoms with Gasteiger partial charge in [0.05, 0.1) is 16.3 Å². The van der Waals surface area contributed by atoms with Crippen LogP contribution in [0.1, 0.15) is 60.7 Å². The molecular weight excluding hydrogens is 350 g/mol. The van der Waals surface area contributed by atoms with Gasteiger partial charge in [-0.05, 0) is 24.5 Å². The summed E-state index contributed by atoms with van der Waals surface area (Å²) >= 11 is 6.19. The monoisotopic (exact) mass is 373 g/mol. The van der Waals surface area contributed by atoms with E-state index in [9.17, 15) is 9.90 Å². The number of nitrogens with one attached hydrogen (secondary N) is 1. The third kappa shape index (κ3) is 3.51. The molecule has 0 atom stereocenters. The average molecular weight is 374 g/mol. The van der Waals surface area contributed by atoms with E-state index in [4.69, 9.17) is 16.6 Å². The Kier molecular flexibility index (Phi) is 5.00. The van der Waals surface area contributed by atoms with Gasteiger partial charge >= 0.3 is 0 Å². The van der Waals surface area contributed by atoms with Crippen molar-refractivity contribution in [3.05, 3.63) is 56.2 Å². The van der Waals surface area contributed by atoms with E-state index >= 15 is 0 Å². The lowest BCUT2D eigenvalue weighted by Crippen LogP contribution is -2.36. The van der Waals surface area contributed by atoms with E-state index in [0.717, 1.165) is 48.5 Å². The number of hydrogen-bond acceptors (Lipinski definition) is 4. The molecule has 138 valence electrons. The lowest BCUT2D eigenvalue weighted by molar-refractivity contribution is 0.240. The normalized spacial score (nSPS) is 18.7. The molecule has 0 radical (unpaired) electrons. The molecule has 5 nitrogen and oxygen atoms in total. The van der Waals surface area contributed by atoms with Gasteiger partial charge in [0.15, 0.2) is 0 Å². The molecule has 2 aliphatic rings. The van der Waals surface area contributed by atoms with Crippen molar-refractivity contribution in [2.24, 2.45) is 0 Å². The van der Waals surface area contributed by atoms with E-state index in [2.05, 4.69) is 9.88 Å². The number of H-pyrrole nitrogens is 1. The van der Waals surface area contributed by atoms with Crippen LogP contribution in [0.4, 0.5) is 0 Å². The minimum Gasteiger partial charge on any atom is -0.506 e. The molecule has 0 spiro atoms. The second kappa shape index (κ2) is 7.41. The minimum atomic E-state index is 0.00211. The van der Waals surface area contributed by atoms with Gasteiger partial charge in [0.1, 0.15) is 11.6 Å². The predicted octanol–water partition coefficient (Wildman–Crippen LogP) is 3.73. The van der Waals surface area contributed by atoms with Gasteiger partial charge in [0.25, 0.3) is 5.56 Å². The number of phenols is 1. The van der Waals surface area contributed by atoms with Crippen LogP contribution in [0.15, 0.2) is 23.0 Å². The molecule has 0 bridgehead atoms. The second-order valence-corrected chi connectivity index (χ2v) is 7.80. The Hall–Kier alpha value is -1.85. The Balaban J connectivity index is 1.53. The zero-order valence-corrected chi connectivity index (χ0v) is 15.6. The van der Waals surface area contributed by atoms with Crippen molar-refractivity contribution in [2.45, 2.75) is 57.5 Å². The van der Waals surface area contributed by atoms with E-state index in [-0.39, 0.29) is 11.3 Å². The first-order chi connectivity index (χ1) is 12.6. The lowest BCUT2D eigenvalue weighted by Gasteiger charge is -2.29. The number of aromatic hydroxyl groups is 1. The van der Waals surface area contributed by atoms with E-state index in [1.807, 2.05) is 6.07 Å². The lowest BCUT2D eigenvalue weighted by atomic mass is 9.88. The third-order valence-electron chi connectivity index (χ3n) is 5.61. The summed E-state index contributed by atoms with van der Waals surface area (Å²) in [6.45, 7) is 2.00. The van der Waals surface area contributed by atoms with Crippen molar-refractivity contribution in [3.63, 3.8) is 0 Å². The van der Waals surface area contributed by atoms with Crippen molar-refractivity contribution < 1.29 is 5.11 Å². The second-order valence-electron chi connectivity index (χ2n) is 7.42. The molecule has 4 rings (SSSR count). The Morgan fingerprint density at radius 2 is 2.08 bits per heavy atom. The van der Waals surface area contributed by atoms with Crippen LogP contribution >= 0.6 is 11.6 Å². The van der Waals surface area contributed by atoms with Crippen molar-refractivity contribution in [1.29, 1.82) is 0 Å². The molecule has 1 aromatic heterocycles. The Labute approximate surface area is 158 Å². The van der Waals surface area contributed by atoms with Crippen LogP contribution in [0.5, 0.6) is 5.75 Å². The van der Waals surface area contributed by atoms with E-state index in [1.165, 1.54) is 19.3 Å². The Bertz CT molecular complexity index is 859. The minimum absolute atomic E-state index is 0.00211. The van der Waals surface area contributed by atoms with Crippen LogP contribution in [0.3, 0.4) is 0 Å². The number of phenolic OH excluding ortho intramolecular Hbond substituents is 1. The molecule has 2 heterocycles. The topological polar surface area (TPSA) is 69.2 Å². The van der Waals surface area contributed by atoms with Gasteiger partial charge in [0, 0.05) is 32.0 Å². The van der Waals surface area contributed by atoms with Crippen molar-refractivity contribution in [2.75, 3.05) is 6.54 Å². The molecule has 1 fully saturated rings. The fraction of sp³-hybridized carbons (Fsp3) is 0.500. The zero-order chi connectivity index (χ0) is 18.1. The van der Waals surface area contributed by atoms with Gasteiger partial charge < -0.3 is 10.1 Å². The Morgan fingerprint density at radius 1 is 1.27 bits per heavy atom. The molecule has 2 aromatic rings. The molecule has 0 saturated heterocycles. The molecule has 1 saturated carbocycles. The van der Waals surface area contributed by atoms with Gasteiger partial charge in [-0.2, -0.15) is 0 Å². The summed E-state index contributed by atoms with van der Waals surface area (Å²) in [6, 6.07) is 5.28. The van der Waals surface area contributed by atoms with Crippen LogP contribution in [0.2, 0.25) is 5.02 Å². The first-order valence-electron chi connectivity index (χ1n) is 9.42. The molecule has 26 heavy (non-hydrogen) atoms. The molecule has 0 amide bonds. The highest BCUT2D eigenvalue weighted by Gasteiger charge is 2.25. The summed E-state index contributed by atoms with van der Waals surface area (Å²) in [5.74, 6) is 1.39. The van der Waals surface area contributed by atoms with Crippen LogP contribution < -0.4 is 5.56 Å². The molecular formula is C20H24ClN3O2. The summed E-state index contributed by atoms with van der Waals surface area (Å²) in [7, 11) is 0. The number of rotatable bonds is 3. The van der Waals surface area contributed by atoms with Gasteiger partial charge in [-0.25, -0.2) is 4.98 Å². The highest BCUT2D eigenvalue weighted by molar-refractivity contribution is 6.32. The fourth-order valence-electron chi connectivity index (χ4n) is 4.13. The smallest absolute Gasteiger partial charge is 0.255 e. The molecule has 0 unspecified atom stereocenters. The zero-order valence-electron chi connectivity index (χ0n) is 14.8. The maximum atomic E-state index is 12.7. The number of fused-ring (bicyclic) bond motifs is 1. The number of hydrogen-bond donors (Lipinski definition) is 2. The van der Waals surface area contributed by atoms with Gasteiger partial charge in [-0.15, -0.1) is 0 Å². The highest BCUT2D eigenvalue weighted by Crippen LogP contribution is 2.31. The predicted molar refractivity (Wildman–Crippen MR) is 102 cm³/mol. The number of aromatic nitrogens is 2. The van der Waals surface area contributed by atoms with Gasteiger partial charge in [0.2, 0.25) is 0 Å². The molecule has 1 aliphatic carbocycles. The summed E-state index contributed by atoms with van der Waals surface area (Å²) < 4.78 is 0. The average Bonchev–Trinajstić information content (AvgIpc) is 2.66. The summed E-state index contributed by atoms with van der Waals surface area (Å²) in [5.41, 5.74) is 2.60. The molecule has 1 aromatic carbocycles. The SMILES string of the molecule is O=c1[nH]c(C2CCCCC2)nc2c1CN(Cc1cccc(O)c1Cl)CC2. The van der Waals surface area contributed by atoms with Crippen molar-refractivity contribution in [1.82, 2.24) is 14.9 Å². The summed E-state index contributed by atoms with van der Waals surface area (Å²) in [4.78, 5) is 22.7. The highest BCUT2D eigenvalue weighted by atomic mass is 35.5. The largest absolute Gasteiger partial charge is 0.506 e. The van der Waals surface area contributed by atoms with Crippen LogP contribution in [0.25, 0.3) is 0 Å². The number of benzene rings is 1. The summed E-state index contributed by atoms with van der Waals surface area (Å²) in [5, 5.41) is 10.2. The first kappa shape index (κ1) is 17.6. The van der Waals surface area contributed by atoms with Gasteiger partial charge in [-0.1, -0.05) is 43.0 Å². The fourth-order valence-corrected chi connectivity index (χ4v) is 4.32. The van der Waals surface area contributed by atoms with E-state index < -0.39 is 0 Å². The maximum Gasteiger partial charge on any atom is 0.255 e. The third-order valence-corrected chi connectivity index (χ3v) is 6.05. The molecule has 1 aliphatic heterocycles. The van der Waals surface area contributed by atoms with Gasteiger partial charge in [-0.3, -0.25) is 9.69 Å². The van der Waals surface area contributed by atoms with Crippen molar-refractivity contribution in [3.8, 4) is 5.75 Å². The van der Waals surface area contributed by atoms with Crippen molar-refractivity contribution >= 4 is 11.6 Å². The van der Waals surface area contributed by atoms with Crippen LogP contribution in [-0.2, 0) is 19.5 Å². The quantitative estimate of drug-likeness (QED) is 0.860. The van der Waals surface area contributed by atoms with E-state index in [1.54, 1.807) is 12.1 Å². The summed E-state index contributed by atoms with van der Waals surface area (Å²) in [6.07, 6.45) is 6.77. The molecule has 6 heteroatoms. The Morgan fingerprint density at radius 3 is 2.88 bits per heavy atom. The first-order valence-corrected chi connectivity index (χ1v) is 9.80. The van der Waals surface area contributed by atoms with E-state index in [0.29, 0.717) is 24.0 Å². The van der Waals surface area contributed by atoms with Crippen LogP contribution in [-0.4, -0.2) is 26.5 Å². The standard InChI is InChI=1S/C20H24ClN3O2/c21-18-14(7-4-8-17(18)25)11-24-10-9-16-15(12-24)20(26)23-19(22-16)13-5-2-1-3-6-13/h4,7-8,13,25H,1-3,5-6,9-12H2,(H,22,23,26). The maximum absolute atomic E-state index is 12.7. The number of halogens is 1. The molecule has 2 N–H and O–H groups in total.